The number of hydrogen-bond acceptors (Lipinski definition) is 3. The summed E-state index contributed by atoms with van der Waals surface area (Å²) in [5.41, 5.74) is 0. The first-order chi connectivity index (χ1) is 4.57. The van der Waals surface area contributed by atoms with E-state index in [1.807, 2.05) is 13.8 Å². The molecule has 0 spiro atoms. The first-order valence-corrected chi connectivity index (χ1v) is 3.17. The van der Waals surface area contributed by atoms with Crippen LogP contribution >= 0.6 is 0 Å². The van der Waals surface area contributed by atoms with Gasteiger partial charge in [-0.1, -0.05) is 13.8 Å². The molecule has 10 heavy (non-hydrogen) atoms. The topological polar surface area (TPSA) is 69.6 Å². The molecule has 1 atom stereocenters. The Labute approximate surface area is 59.9 Å². The molecule has 60 valence electrons. The van der Waals surface area contributed by atoms with Gasteiger partial charge in [-0.3, -0.25) is 4.79 Å². The minimum Gasteiger partial charge on any atom is -0.480 e. The van der Waals surface area contributed by atoms with E-state index in [1.165, 1.54) is 0 Å². The Hall–Kier alpha value is -0.610. The number of carboxylic acid groups (broad SMARTS) is 1. The predicted octanol–water partition coefficient (Wildman–Crippen LogP) is -0.570. The van der Waals surface area contributed by atoms with Crippen molar-refractivity contribution in [2.45, 2.75) is 25.9 Å². The molecule has 0 saturated carbocycles. The summed E-state index contributed by atoms with van der Waals surface area (Å²) in [6.07, 6.45) is 0. The monoisotopic (exact) mass is 147 g/mol. The zero-order valence-corrected chi connectivity index (χ0v) is 6.16. The van der Waals surface area contributed by atoms with Crippen molar-refractivity contribution in [3.8, 4) is 0 Å². The molecule has 0 aromatic carbocycles. The predicted molar refractivity (Wildman–Crippen MR) is 36.8 cm³/mol. The van der Waals surface area contributed by atoms with E-state index in [0.29, 0.717) is 0 Å². The van der Waals surface area contributed by atoms with Crippen LogP contribution in [0.4, 0.5) is 0 Å². The van der Waals surface area contributed by atoms with Crippen molar-refractivity contribution < 1.29 is 15.0 Å². The molecule has 0 saturated heterocycles. The lowest BCUT2D eigenvalue weighted by atomic mass is 10.3. The molecule has 0 amide bonds. The summed E-state index contributed by atoms with van der Waals surface area (Å²) in [7, 11) is 0. The molecule has 4 heteroatoms. The van der Waals surface area contributed by atoms with Gasteiger partial charge in [0.1, 0.15) is 6.04 Å². The van der Waals surface area contributed by atoms with Crippen LogP contribution in [0.15, 0.2) is 0 Å². The number of aliphatic hydroxyl groups is 1. The van der Waals surface area contributed by atoms with E-state index in [1.54, 1.807) is 0 Å². The van der Waals surface area contributed by atoms with E-state index in [4.69, 9.17) is 10.2 Å². The van der Waals surface area contributed by atoms with Crippen molar-refractivity contribution in [3.05, 3.63) is 0 Å². The number of nitrogens with one attached hydrogen (secondary N) is 1. The first kappa shape index (κ1) is 9.39. The highest BCUT2D eigenvalue weighted by Crippen LogP contribution is 1.85. The summed E-state index contributed by atoms with van der Waals surface area (Å²) in [6, 6.07) is -0.756. The van der Waals surface area contributed by atoms with Crippen LogP contribution in [0.3, 0.4) is 0 Å². The maximum atomic E-state index is 10.2. The first-order valence-electron chi connectivity index (χ1n) is 3.17. The van der Waals surface area contributed by atoms with Gasteiger partial charge in [-0.25, -0.2) is 0 Å². The molecule has 0 aliphatic rings. The zero-order chi connectivity index (χ0) is 8.15. The lowest BCUT2D eigenvalue weighted by Crippen LogP contribution is -2.43. The van der Waals surface area contributed by atoms with Crippen molar-refractivity contribution in [1.82, 2.24) is 5.32 Å². The summed E-state index contributed by atoms with van der Waals surface area (Å²) in [4.78, 5) is 10.2. The zero-order valence-electron chi connectivity index (χ0n) is 6.16. The van der Waals surface area contributed by atoms with Gasteiger partial charge in [0, 0.05) is 6.04 Å². The highest BCUT2D eigenvalue weighted by molar-refractivity contribution is 5.73. The average molecular weight is 147 g/mol. The van der Waals surface area contributed by atoms with E-state index >= 15 is 0 Å². The number of rotatable bonds is 4. The van der Waals surface area contributed by atoms with Gasteiger partial charge in [-0.2, -0.15) is 0 Å². The standard InChI is InChI=1S/C6H13NO3/c1-4(2)7-5(3-8)6(9)10/h4-5,7-8H,3H2,1-2H3,(H,9,10). The van der Waals surface area contributed by atoms with Crippen LogP contribution in [-0.2, 0) is 4.79 Å². The maximum Gasteiger partial charge on any atom is 0.323 e. The molecule has 0 aromatic heterocycles. The van der Waals surface area contributed by atoms with Gasteiger partial charge in [0.25, 0.3) is 0 Å². The van der Waals surface area contributed by atoms with Gasteiger partial charge in [0.05, 0.1) is 6.61 Å². The molecule has 4 nitrogen and oxygen atoms in total. The van der Waals surface area contributed by atoms with Crippen molar-refractivity contribution in [2.24, 2.45) is 0 Å². The Balaban J connectivity index is 3.72. The fourth-order valence-corrected chi connectivity index (χ4v) is 0.604. The molecular weight excluding hydrogens is 134 g/mol. The van der Waals surface area contributed by atoms with Gasteiger partial charge < -0.3 is 15.5 Å². The van der Waals surface area contributed by atoms with E-state index in [2.05, 4.69) is 5.32 Å². The minimum atomic E-state index is -1.02. The largest absolute Gasteiger partial charge is 0.480 e. The molecule has 0 aliphatic carbocycles. The van der Waals surface area contributed by atoms with Crippen LogP contribution in [0.1, 0.15) is 13.8 Å². The number of carboxylic acids is 1. The van der Waals surface area contributed by atoms with E-state index in [0.717, 1.165) is 0 Å². The van der Waals surface area contributed by atoms with E-state index in [-0.39, 0.29) is 12.6 Å². The molecule has 3 N–H and O–H groups in total. The summed E-state index contributed by atoms with van der Waals surface area (Å²) in [5, 5.41) is 19.6. The van der Waals surface area contributed by atoms with Gasteiger partial charge in [0.15, 0.2) is 0 Å². The molecule has 0 bridgehead atoms. The Morgan fingerprint density at radius 2 is 2.10 bits per heavy atom. The SMILES string of the molecule is CC(C)NC(CO)C(=O)O. The van der Waals surface area contributed by atoms with Gasteiger partial charge >= 0.3 is 5.97 Å². The number of carbonyl (C=O) groups is 1. The van der Waals surface area contributed by atoms with E-state index < -0.39 is 12.0 Å². The minimum absolute atomic E-state index is 0.0771. The molecule has 1 unspecified atom stereocenters. The van der Waals surface area contributed by atoms with Gasteiger partial charge in [-0.05, 0) is 0 Å². The summed E-state index contributed by atoms with van der Waals surface area (Å²) in [6.45, 7) is 3.28. The summed E-state index contributed by atoms with van der Waals surface area (Å²) >= 11 is 0. The Bertz CT molecular complexity index is 114. The lowest BCUT2D eigenvalue weighted by molar-refractivity contribution is -0.140. The van der Waals surface area contributed by atoms with Crippen molar-refractivity contribution in [3.63, 3.8) is 0 Å². The van der Waals surface area contributed by atoms with Crippen LogP contribution in [0.2, 0.25) is 0 Å². The van der Waals surface area contributed by atoms with Crippen molar-refractivity contribution >= 4 is 5.97 Å². The van der Waals surface area contributed by atoms with Crippen LogP contribution in [0.25, 0.3) is 0 Å². The van der Waals surface area contributed by atoms with Crippen LogP contribution < -0.4 is 5.32 Å². The third kappa shape index (κ3) is 3.42. The van der Waals surface area contributed by atoms with Gasteiger partial charge in [-0.15, -0.1) is 0 Å². The Morgan fingerprint density at radius 1 is 1.60 bits per heavy atom. The van der Waals surface area contributed by atoms with Crippen LogP contribution in [0.5, 0.6) is 0 Å². The average Bonchev–Trinajstić information content (AvgIpc) is 1.81. The second-order valence-corrected chi connectivity index (χ2v) is 2.39. The highest BCUT2D eigenvalue weighted by Gasteiger charge is 2.15. The van der Waals surface area contributed by atoms with E-state index in [9.17, 15) is 4.79 Å². The number of aliphatic carboxylic acids is 1. The Morgan fingerprint density at radius 3 is 2.20 bits per heavy atom. The second-order valence-electron chi connectivity index (χ2n) is 2.39. The summed E-state index contributed by atoms with van der Waals surface area (Å²) in [5.74, 6) is -1.02. The lowest BCUT2D eigenvalue weighted by Gasteiger charge is -2.13. The number of aliphatic hydroxyl groups excluding tert-OH is 1. The second kappa shape index (κ2) is 4.24. The number of hydrogen-bond donors (Lipinski definition) is 3. The highest BCUT2D eigenvalue weighted by atomic mass is 16.4. The van der Waals surface area contributed by atoms with Crippen LogP contribution in [0, 0.1) is 0 Å². The molecule has 0 aromatic rings. The fourth-order valence-electron chi connectivity index (χ4n) is 0.604. The Kier molecular flexibility index (Phi) is 3.99. The maximum absolute atomic E-state index is 10.2. The smallest absolute Gasteiger partial charge is 0.323 e. The van der Waals surface area contributed by atoms with Crippen molar-refractivity contribution in [1.29, 1.82) is 0 Å². The fraction of sp³-hybridized carbons (Fsp3) is 0.833. The van der Waals surface area contributed by atoms with Crippen molar-refractivity contribution in [2.75, 3.05) is 6.61 Å². The summed E-state index contributed by atoms with van der Waals surface area (Å²) < 4.78 is 0. The van der Waals surface area contributed by atoms with Gasteiger partial charge in [0.2, 0.25) is 0 Å². The molecule has 0 heterocycles. The molecule has 0 fully saturated rings. The van der Waals surface area contributed by atoms with Crippen LogP contribution in [-0.4, -0.2) is 34.9 Å². The molecule has 0 radical (unpaired) electrons. The third-order valence-electron chi connectivity index (χ3n) is 1.02. The third-order valence-corrected chi connectivity index (χ3v) is 1.02. The molecule has 0 aliphatic heterocycles. The molecular formula is C6H13NO3. The molecule has 0 rings (SSSR count). The normalized spacial score (nSPS) is 13.6. The quantitative estimate of drug-likeness (QED) is 0.498.